The molecule has 20 heavy (non-hydrogen) atoms. The van der Waals surface area contributed by atoms with Crippen molar-refractivity contribution in [1.29, 1.82) is 0 Å². The van der Waals surface area contributed by atoms with Crippen molar-refractivity contribution in [3.05, 3.63) is 70.5 Å². The van der Waals surface area contributed by atoms with Gasteiger partial charge in [-0.15, -0.1) is 0 Å². The Hall–Kier alpha value is -1.81. The van der Waals surface area contributed by atoms with Crippen molar-refractivity contribution >= 4 is 0 Å². The van der Waals surface area contributed by atoms with E-state index < -0.39 is 23.6 Å². The Morgan fingerprint density at radius 3 is 1.95 bits per heavy atom. The number of aryl methyl sites for hydroxylation is 1. The molecule has 1 nitrogen and oxygen atoms in total. The Kier molecular flexibility index (Phi) is 4.45. The first-order chi connectivity index (χ1) is 9.51. The summed E-state index contributed by atoms with van der Waals surface area (Å²) in [5, 5.41) is 9.98. The van der Waals surface area contributed by atoms with Gasteiger partial charge in [-0.25, -0.2) is 13.2 Å². The largest absolute Gasteiger partial charge is 0.388 e. The van der Waals surface area contributed by atoms with Crippen LogP contribution in [0, 0.1) is 17.5 Å². The smallest absolute Gasteiger partial charge is 0.194 e. The van der Waals surface area contributed by atoms with Gasteiger partial charge in [-0.3, -0.25) is 0 Å². The van der Waals surface area contributed by atoms with E-state index in [2.05, 4.69) is 0 Å². The predicted molar refractivity (Wildman–Crippen MR) is 70.8 cm³/mol. The highest BCUT2D eigenvalue weighted by atomic mass is 19.2. The molecule has 1 unspecified atom stereocenters. The topological polar surface area (TPSA) is 20.2 Å². The lowest BCUT2D eigenvalue weighted by atomic mass is 10.00. The standard InChI is InChI=1S/C16H15F3O/c1-2-10-3-5-11(6-4-10)7-15(20)12-8-13(17)16(19)14(18)9-12/h3-6,8-9,15,20H,2,7H2,1H3. The second kappa shape index (κ2) is 6.09. The zero-order valence-corrected chi connectivity index (χ0v) is 11.0. The van der Waals surface area contributed by atoms with E-state index >= 15 is 0 Å². The summed E-state index contributed by atoms with van der Waals surface area (Å²) in [6, 6.07) is 9.24. The van der Waals surface area contributed by atoms with Crippen LogP contribution in [-0.2, 0) is 12.8 Å². The molecule has 0 aliphatic carbocycles. The summed E-state index contributed by atoms with van der Waals surface area (Å²) in [5.74, 6) is -4.10. The summed E-state index contributed by atoms with van der Waals surface area (Å²) in [6.45, 7) is 2.04. The number of aliphatic hydroxyl groups excluding tert-OH is 1. The molecule has 0 aliphatic heterocycles. The van der Waals surface area contributed by atoms with Crippen LogP contribution in [0.4, 0.5) is 13.2 Å². The molecule has 0 aromatic heterocycles. The second-order valence-corrected chi connectivity index (χ2v) is 4.69. The van der Waals surface area contributed by atoms with Crippen LogP contribution in [0.2, 0.25) is 0 Å². The van der Waals surface area contributed by atoms with Crippen molar-refractivity contribution in [3.8, 4) is 0 Å². The molecule has 0 saturated carbocycles. The van der Waals surface area contributed by atoms with Gasteiger partial charge in [0.05, 0.1) is 6.10 Å². The quantitative estimate of drug-likeness (QED) is 0.841. The molecule has 0 bridgehead atoms. The van der Waals surface area contributed by atoms with Gasteiger partial charge in [-0.05, 0) is 35.2 Å². The lowest BCUT2D eigenvalue weighted by Crippen LogP contribution is -2.04. The average Bonchev–Trinajstić information content (AvgIpc) is 2.45. The van der Waals surface area contributed by atoms with Gasteiger partial charge in [0.2, 0.25) is 0 Å². The Balaban J connectivity index is 2.16. The molecule has 0 radical (unpaired) electrons. The Morgan fingerprint density at radius 1 is 0.950 bits per heavy atom. The van der Waals surface area contributed by atoms with E-state index in [4.69, 9.17) is 0 Å². The monoisotopic (exact) mass is 280 g/mol. The summed E-state index contributed by atoms with van der Waals surface area (Å²) < 4.78 is 39.1. The number of hydrogen-bond donors (Lipinski definition) is 1. The van der Waals surface area contributed by atoms with Crippen LogP contribution in [0.5, 0.6) is 0 Å². The first-order valence-electron chi connectivity index (χ1n) is 6.41. The van der Waals surface area contributed by atoms with Crippen molar-refractivity contribution in [3.63, 3.8) is 0 Å². The molecule has 2 rings (SSSR count). The van der Waals surface area contributed by atoms with Gasteiger partial charge in [-0.2, -0.15) is 0 Å². The van der Waals surface area contributed by atoms with Crippen molar-refractivity contribution in [2.45, 2.75) is 25.9 Å². The number of aliphatic hydroxyl groups is 1. The molecule has 0 saturated heterocycles. The third-order valence-corrected chi connectivity index (χ3v) is 3.25. The highest BCUT2D eigenvalue weighted by Crippen LogP contribution is 2.22. The molecule has 0 spiro atoms. The van der Waals surface area contributed by atoms with E-state index in [0.717, 1.165) is 24.1 Å². The summed E-state index contributed by atoms with van der Waals surface area (Å²) in [6.07, 6.45) is 0.0539. The fourth-order valence-electron chi connectivity index (χ4n) is 2.02. The molecule has 2 aromatic rings. The zero-order valence-electron chi connectivity index (χ0n) is 11.0. The number of benzene rings is 2. The van der Waals surface area contributed by atoms with Gasteiger partial charge in [-0.1, -0.05) is 31.2 Å². The molecular formula is C16H15F3O. The van der Waals surface area contributed by atoms with E-state index in [1.807, 2.05) is 31.2 Å². The minimum absolute atomic E-state index is 0.0287. The van der Waals surface area contributed by atoms with Crippen LogP contribution in [0.3, 0.4) is 0 Å². The lowest BCUT2D eigenvalue weighted by molar-refractivity contribution is 0.177. The molecule has 106 valence electrons. The summed E-state index contributed by atoms with van der Waals surface area (Å²) in [7, 11) is 0. The maximum atomic E-state index is 13.1. The minimum atomic E-state index is -1.52. The van der Waals surface area contributed by atoms with Crippen LogP contribution in [0.1, 0.15) is 29.7 Å². The minimum Gasteiger partial charge on any atom is -0.388 e. The average molecular weight is 280 g/mol. The van der Waals surface area contributed by atoms with E-state index in [-0.39, 0.29) is 12.0 Å². The lowest BCUT2D eigenvalue weighted by Gasteiger charge is -2.12. The van der Waals surface area contributed by atoms with Crippen molar-refractivity contribution in [2.24, 2.45) is 0 Å². The zero-order chi connectivity index (χ0) is 14.7. The first kappa shape index (κ1) is 14.6. The molecule has 0 fully saturated rings. The Labute approximate surface area is 115 Å². The summed E-state index contributed by atoms with van der Waals surface area (Å²) >= 11 is 0. The maximum Gasteiger partial charge on any atom is 0.194 e. The van der Waals surface area contributed by atoms with Crippen molar-refractivity contribution in [2.75, 3.05) is 0 Å². The number of halogens is 3. The fraction of sp³-hybridized carbons (Fsp3) is 0.250. The third-order valence-electron chi connectivity index (χ3n) is 3.25. The van der Waals surface area contributed by atoms with E-state index in [1.165, 1.54) is 5.56 Å². The normalized spacial score (nSPS) is 12.4. The van der Waals surface area contributed by atoms with Crippen LogP contribution in [-0.4, -0.2) is 5.11 Å². The molecule has 0 amide bonds. The summed E-state index contributed by atoms with van der Waals surface area (Å²) in [5.41, 5.74) is 2.04. The Morgan fingerprint density at radius 2 is 1.45 bits per heavy atom. The van der Waals surface area contributed by atoms with Gasteiger partial charge < -0.3 is 5.11 Å². The van der Waals surface area contributed by atoms with Crippen LogP contribution in [0.25, 0.3) is 0 Å². The van der Waals surface area contributed by atoms with Crippen LogP contribution >= 0.6 is 0 Å². The second-order valence-electron chi connectivity index (χ2n) is 4.69. The molecule has 2 aromatic carbocycles. The van der Waals surface area contributed by atoms with Gasteiger partial charge >= 0.3 is 0 Å². The highest BCUT2D eigenvalue weighted by molar-refractivity contribution is 5.26. The van der Waals surface area contributed by atoms with Crippen LogP contribution in [0.15, 0.2) is 36.4 Å². The fourth-order valence-corrected chi connectivity index (χ4v) is 2.02. The SMILES string of the molecule is CCc1ccc(CC(O)c2cc(F)c(F)c(F)c2)cc1. The van der Waals surface area contributed by atoms with Crippen molar-refractivity contribution < 1.29 is 18.3 Å². The van der Waals surface area contributed by atoms with Gasteiger partial charge in [0.25, 0.3) is 0 Å². The molecule has 0 aliphatic rings. The summed E-state index contributed by atoms with van der Waals surface area (Å²) in [4.78, 5) is 0. The third kappa shape index (κ3) is 3.20. The molecule has 4 heteroatoms. The van der Waals surface area contributed by atoms with Gasteiger partial charge in [0, 0.05) is 6.42 Å². The van der Waals surface area contributed by atoms with E-state index in [0.29, 0.717) is 0 Å². The van der Waals surface area contributed by atoms with Crippen LogP contribution < -0.4 is 0 Å². The predicted octanol–water partition coefficient (Wildman–Crippen LogP) is 3.94. The highest BCUT2D eigenvalue weighted by Gasteiger charge is 2.16. The maximum absolute atomic E-state index is 13.1. The molecule has 1 N–H and O–H groups in total. The molecule has 0 heterocycles. The Bertz CT molecular complexity index is 570. The first-order valence-corrected chi connectivity index (χ1v) is 6.41. The molecular weight excluding hydrogens is 265 g/mol. The number of rotatable bonds is 4. The van der Waals surface area contributed by atoms with Crippen molar-refractivity contribution in [1.82, 2.24) is 0 Å². The van der Waals surface area contributed by atoms with E-state index in [1.54, 1.807) is 0 Å². The van der Waals surface area contributed by atoms with Gasteiger partial charge in [0.15, 0.2) is 17.5 Å². The van der Waals surface area contributed by atoms with Gasteiger partial charge in [0.1, 0.15) is 0 Å². The van der Waals surface area contributed by atoms with E-state index in [9.17, 15) is 18.3 Å². The number of hydrogen-bond acceptors (Lipinski definition) is 1. The molecule has 1 atom stereocenters.